The van der Waals surface area contributed by atoms with Crippen LogP contribution < -0.4 is 0 Å². The number of aryl methyl sites for hydroxylation is 1. The summed E-state index contributed by atoms with van der Waals surface area (Å²) in [5.74, 6) is 0. The van der Waals surface area contributed by atoms with Gasteiger partial charge in [-0.2, -0.15) is 18.4 Å². The Labute approximate surface area is 115 Å². The molecule has 0 N–H and O–H groups in total. The number of hydrogen-bond donors (Lipinski definition) is 0. The molecule has 0 aliphatic heterocycles. The van der Waals surface area contributed by atoms with Crippen LogP contribution in [0, 0.1) is 18.3 Å². The van der Waals surface area contributed by atoms with Gasteiger partial charge in [-0.25, -0.2) is 0 Å². The van der Waals surface area contributed by atoms with Crippen molar-refractivity contribution in [1.82, 2.24) is 0 Å². The molecule has 2 aromatic rings. The van der Waals surface area contributed by atoms with Crippen molar-refractivity contribution in [2.75, 3.05) is 0 Å². The minimum absolute atomic E-state index is 0.294. The van der Waals surface area contributed by atoms with E-state index in [1.54, 1.807) is 37.3 Å². The second kappa shape index (κ2) is 5.38. The van der Waals surface area contributed by atoms with Gasteiger partial charge in [0.15, 0.2) is 0 Å². The van der Waals surface area contributed by atoms with E-state index in [2.05, 4.69) is 0 Å². The molecule has 0 saturated carbocycles. The number of nitrogens with zero attached hydrogens (tertiary/aromatic N) is 1. The minimum Gasteiger partial charge on any atom is -0.198 e. The van der Waals surface area contributed by atoms with Gasteiger partial charge in [-0.05, 0) is 41.3 Å². The van der Waals surface area contributed by atoms with E-state index in [4.69, 9.17) is 5.26 Å². The molecular formula is C16H12F3N. The number of halogens is 3. The Morgan fingerprint density at radius 2 is 1.65 bits per heavy atom. The number of nitriles is 1. The second-order valence-corrected chi connectivity index (χ2v) is 4.62. The zero-order valence-electron chi connectivity index (χ0n) is 10.8. The lowest BCUT2D eigenvalue weighted by Gasteiger charge is -2.11. The molecule has 2 rings (SSSR count). The predicted molar refractivity (Wildman–Crippen MR) is 70.9 cm³/mol. The maximum absolute atomic E-state index is 12.8. The third kappa shape index (κ3) is 3.18. The topological polar surface area (TPSA) is 23.8 Å². The van der Waals surface area contributed by atoms with Crippen LogP contribution in [0.15, 0.2) is 42.5 Å². The van der Waals surface area contributed by atoms with Crippen molar-refractivity contribution in [2.45, 2.75) is 19.5 Å². The van der Waals surface area contributed by atoms with Crippen LogP contribution in [0.1, 0.15) is 16.7 Å². The third-order valence-electron chi connectivity index (χ3n) is 2.98. The van der Waals surface area contributed by atoms with Gasteiger partial charge in [-0.15, -0.1) is 0 Å². The van der Waals surface area contributed by atoms with Gasteiger partial charge in [0.05, 0.1) is 18.1 Å². The Hall–Kier alpha value is -2.28. The van der Waals surface area contributed by atoms with Crippen molar-refractivity contribution in [3.05, 3.63) is 59.2 Å². The minimum atomic E-state index is -4.35. The Balaban J connectivity index is 2.42. The zero-order chi connectivity index (χ0) is 14.8. The molecule has 102 valence electrons. The van der Waals surface area contributed by atoms with Crippen LogP contribution in [0.5, 0.6) is 0 Å². The average Bonchev–Trinajstić information content (AvgIpc) is 2.38. The molecule has 0 spiro atoms. The van der Waals surface area contributed by atoms with E-state index in [1.165, 1.54) is 0 Å². The summed E-state index contributed by atoms with van der Waals surface area (Å²) in [6.07, 6.45) is -4.05. The number of hydrogen-bond acceptors (Lipinski definition) is 1. The SMILES string of the molecule is Cc1cc(-c2ccc(CC#N)cc2)cc(C(F)(F)F)c1. The predicted octanol–water partition coefficient (Wildman–Crippen LogP) is 4.75. The van der Waals surface area contributed by atoms with E-state index in [0.29, 0.717) is 23.1 Å². The lowest BCUT2D eigenvalue weighted by molar-refractivity contribution is -0.137. The molecule has 2 aromatic carbocycles. The maximum atomic E-state index is 12.8. The average molecular weight is 275 g/mol. The summed E-state index contributed by atoms with van der Waals surface area (Å²) in [7, 11) is 0. The summed E-state index contributed by atoms with van der Waals surface area (Å²) in [6.45, 7) is 1.64. The van der Waals surface area contributed by atoms with Gasteiger partial charge in [0.1, 0.15) is 0 Å². The van der Waals surface area contributed by atoms with Gasteiger partial charge < -0.3 is 0 Å². The van der Waals surface area contributed by atoms with Crippen LogP contribution in [-0.4, -0.2) is 0 Å². The molecule has 0 unspecified atom stereocenters. The van der Waals surface area contributed by atoms with E-state index in [9.17, 15) is 13.2 Å². The number of rotatable bonds is 2. The van der Waals surface area contributed by atoms with E-state index in [-0.39, 0.29) is 0 Å². The molecule has 0 bridgehead atoms. The van der Waals surface area contributed by atoms with Gasteiger partial charge in [-0.3, -0.25) is 0 Å². The van der Waals surface area contributed by atoms with Gasteiger partial charge >= 0.3 is 6.18 Å². The zero-order valence-corrected chi connectivity index (χ0v) is 10.8. The van der Waals surface area contributed by atoms with Crippen molar-refractivity contribution < 1.29 is 13.2 Å². The third-order valence-corrected chi connectivity index (χ3v) is 2.98. The van der Waals surface area contributed by atoms with Crippen LogP contribution in [-0.2, 0) is 12.6 Å². The molecule has 0 aliphatic carbocycles. The smallest absolute Gasteiger partial charge is 0.198 e. The van der Waals surface area contributed by atoms with E-state index in [1.807, 2.05) is 6.07 Å². The van der Waals surface area contributed by atoms with Crippen molar-refractivity contribution in [1.29, 1.82) is 5.26 Å². The first-order valence-electron chi connectivity index (χ1n) is 6.05. The van der Waals surface area contributed by atoms with Crippen LogP contribution in [0.4, 0.5) is 13.2 Å². The molecule has 0 saturated heterocycles. The van der Waals surface area contributed by atoms with Crippen LogP contribution in [0.25, 0.3) is 11.1 Å². The van der Waals surface area contributed by atoms with Gasteiger partial charge in [-0.1, -0.05) is 30.3 Å². The van der Waals surface area contributed by atoms with Gasteiger partial charge in [0, 0.05) is 0 Å². The van der Waals surface area contributed by atoms with Crippen molar-refractivity contribution in [3.63, 3.8) is 0 Å². The number of alkyl halides is 3. The summed E-state index contributed by atoms with van der Waals surface area (Å²) >= 11 is 0. The van der Waals surface area contributed by atoms with E-state index >= 15 is 0 Å². The highest BCUT2D eigenvalue weighted by molar-refractivity contribution is 5.65. The standard InChI is InChI=1S/C16H12F3N/c1-11-8-14(10-15(9-11)16(17,18)19)13-4-2-12(3-5-13)6-7-20/h2-5,8-10H,6H2,1H3. The second-order valence-electron chi connectivity index (χ2n) is 4.62. The first-order chi connectivity index (χ1) is 9.40. The molecule has 0 radical (unpaired) electrons. The highest BCUT2D eigenvalue weighted by Crippen LogP contribution is 2.33. The first-order valence-corrected chi connectivity index (χ1v) is 6.05. The molecule has 4 heteroatoms. The summed E-state index contributed by atoms with van der Waals surface area (Å²) < 4.78 is 38.4. The van der Waals surface area contributed by atoms with Crippen LogP contribution in [0.3, 0.4) is 0 Å². The highest BCUT2D eigenvalue weighted by Gasteiger charge is 2.30. The van der Waals surface area contributed by atoms with Crippen LogP contribution >= 0.6 is 0 Å². The molecule has 1 nitrogen and oxygen atoms in total. The van der Waals surface area contributed by atoms with E-state index < -0.39 is 11.7 Å². The molecule has 0 amide bonds. The first kappa shape index (κ1) is 14.1. The monoisotopic (exact) mass is 275 g/mol. The molecule has 20 heavy (non-hydrogen) atoms. The Kier molecular flexibility index (Phi) is 3.80. The molecule has 0 aromatic heterocycles. The fourth-order valence-electron chi connectivity index (χ4n) is 2.02. The molecule has 0 aliphatic rings. The summed E-state index contributed by atoms with van der Waals surface area (Å²) in [5, 5.41) is 8.59. The molecule has 0 atom stereocenters. The molecule has 0 fully saturated rings. The Morgan fingerprint density at radius 3 is 2.20 bits per heavy atom. The largest absolute Gasteiger partial charge is 0.416 e. The van der Waals surface area contributed by atoms with Gasteiger partial charge in [0.25, 0.3) is 0 Å². The lowest BCUT2D eigenvalue weighted by atomic mass is 9.99. The van der Waals surface area contributed by atoms with Crippen molar-refractivity contribution in [3.8, 4) is 17.2 Å². The molecular weight excluding hydrogens is 263 g/mol. The molecule has 0 heterocycles. The lowest BCUT2D eigenvalue weighted by Crippen LogP contribution is -2.05. The summed E-state index contributed by atoms with van der Waals surface area (Å²) in [6, 6.07) is 13.0. The normalized spacial score (nSPS) is 11.2. The van der Waals surface area contributed by atoms with Gasteiger partial charge in [0.2, 0.25) is 0 Å². The fraction of sp³-hybridized carbons (Fsp3) is 0.188. The Bertz CT molecular complexity index is 649. The maximum Gasteiger partial charge on any atom is 0.416 e. The highest BCUT2D eigenvalue weighted by atomic mass is 19.4. The van der Waals surface area contributed by atoms with E-state index in [0.717, 1.165) is 17.7 Å². The number of benzene rings is 2. The summed E-state index contributed by atoms with van der Waals surface area (Å²) in [4.78, 5) is 0. The van der Waals surface area contributed by atoms with Crippen LogP contribution in [0.2, 0.25) is 0 Å². The quantitative estimate of drug-likeness (QED) is 0.776. The summed E-state index contributed by atoms with van der Waals surface area (Å²) in [5.41, 5.74) is 2.01. The fourth-order valence-corrected chi connectivity index (χ4v) is 2.02. The Morgan fingerprint density at radius 1 is 1.00 bits per heavy atom. The van der Waals surface area contributed by atoms with Crippen molar-refractivity contribution >= 4 is 0 Å². The van der Waals surface area contributed by atoms with Crippen molar-refractivity contribution in [2.24, 2.45) is 0 Å².